The molecule has 4 rings (SSSR count). The van der Waals surface area contributed by atoms with E-state index >= 15 is 0 Å². The average Bonchev–Trinajstić information content (AvgIpc) is 3.47. The first-order valence-corrected chi connectivity index (χ1v) is 15.7. The van der Waals surface area contributed by atoms with Gasteiger partial charge in [0.25, 0.3) is 5.91 Å². The molecule has 252 valence electrons. The molecular formula is C34H44N6O7. The maximum Gasteiger partial charge on any atom is 0.251 e. The zero-order valence-electron chi connectivity index (χ0n) is 27.6. The van der Waals surface area contributed by atoms with E-state index in [0.717, 1.165) is 5.69 Å². The van der Waals surface area contributed by atoms with Gasteiger partial charge >= 0.3 is 0 Å². The third-order valence-electron chi connectivity index (χ3n) is 8.01. The second-order valence-corrected chi connectivity index (χ2v) is 11.6. The topological polar surface area (TPSA) is 153 Å². The van der Waals surface area contributed by atoms with Crippen molar-refractivity contribution in [3.8, 4) is 23.0 Å². The molecule has 13 nitrogen and oxygen atoms in total. The van der Waals surface area contributed by atoms with Gasteiger partial charge in [-0.05, 0) is 61.6 Å². The summed E-state index contributed by atoms with van der Waals surface area (Å²) in [5.41, 5.74) is 1.82. The van der Waals surface area contributed by atoms with Gasteiger partial charge in [-0.1, -0.05) is 19.9 Å². The molecule has 1 atom stereocenters. The van der Waals surface area contributed by atoms with Gasteiger partial charge in [0.2, 0.25) is 17.7 Å². The van der Waals surface area contributed by atoms with Crippen LogP contribution in [0.5, 0.6) is 23.0 Å². The molecule has 47 heavy (non-hydrogen) atoms. The third kappa shape index (κ3) is 9.24. The highest BCUT2D eigenvalue weighted by molar-refractivity contribution is 5.95. The van der Waals surface area contributed by atoms with Gasteiger partial charge in [0, 0.05) is 44.0 Å². The maximum atomic E-state index is 13.5. The lowest BCUT2D eigenvalue weighted by Crippen LogP contribution is -2.52. The number of rotatable bonds is 6. The fourth-order valence-electron chi connectivity index (χ4n) is 5.30. The second-order valence-electron chi connectivity index (χ2n) is 11.6. The van der Waals surface area contributed by atoms with E-state index in [1.807, 2.05) is 27.0 Å². The van der Waals surface area contributed by atoms with Crippen molar-refractivity contribution >= 4 is 23.6 Å². The number of aromatic nitrogens is 2. The Kier molecular flexibility index (Phi) is 12.2. The van der Waals surface area contributed by atoms with Crippen molar-refractivity contribution < 1.29 is 33.4 Å². The number of nitrogens with zero attached hydrogens (tertiary/aromatic N) is 3. The van der Waals surface area contributed by atoms with E-state index in [1.54, 1.807) is 47.3 Å². The van der Waals surface area contributed by atoms with Gasteiger partial charge in [-0.3, -0.25) is 23.9 Å². The minimum atomic E-state index is -0.856. The van der Waals surface area contributed by atoms with E-state index in [2.05, 4.69) is 21.0 Å². The fraction of sp³-hybridized carbons (Fsp3) is 0.441. The van der Waals surface area contributed by atoms with Crippen LogP contribution in [0.25, 0.3) is 0 Å². The molecule has 2 heterocycles. The van der Waals surface area contributed by atoms with E-state index < -0.39 is 17.9 Å². The SMILES string of the molecule is COc1ccc2cc1Oc1cccc(OC)c1CNC(=O)[C@@H](C(C)C)NC(=O)CN(C(=O)CCc1ccnn1C)CCCCNC2=O. The zero-order valence-corrected chi connectivity index (χ0v) is 27.6. The summed E-state index contributed by atoms with van der Waals surface area (Å²) in [5, 5.41) is 12.8. The maximum absolute atomic E-state index is 13.5. The highest BCUT2D eigenvalue weighted by atomic mass is 16.5. The van der Waals surface area contributed by atoms with Gasteiger partial charge in [0.05, 0.1) is 32.9 Å². The molecule has 0 spiro atoms. The van der Waals surface area contributed by atoms with Crippen LogP contribution in [0.1, 0.15) is 54.7 Å². The molecule has 0 aliphatic carbocycles. The third-order valence-corrected chi connectivity index (χ3v) is 8.01. The summed E-state index contributed by atoms with van der Waals surface area (Å²) in [6.45, 7) is 4.17. The lowest BCUT2D eigenvalue weighted by Gasteiger charge is -2.26. The number of carbonyl (C=O) groups is 4. The van der Waals surface area contributed by atoms with Crippen molar-refractivity contribution in [2.75, 3.05) is 33.9 Å². The van der Waals surface area contributed by atoms with Gasteiger partial charge in [-0.2, -0.15) is 5.10 Å². The quantitative estimate of drug-likeness (QED) is 0.369. The van der Waals surface area contributed by atoms with E-state index in [-0.39, 0.29) is 37.2 Å². The Morgan fingerprint density at radius 2 is 1.81 bits per heavy atom. The average molecular weight is 649 g/mol. The van der Waals surface area contributed by atoms with Crippen molar-refractivity contribution in [2.24, 2.45) is 13.0 Å². The Balaban J connectivity index is 1.61. The highest BCUT2D eigenvalue weighted by Gasteiger charge is 2.27. The first-order chi connectivity index (χ1) is 22.6. The summed E-state index contributed by atoms with van der Waals surface area (Å²) in [5.74, 6) is 0.0200. The Morgan fingerprint density at radius 1 is 1.02 bits per heavy atom. The predicted molar refractivity (Wildman–Crippen MR) is 174 cm³/mol. The van der Waals surface area contributed by atoms with Crippen molar-refractivity contribution in [1.82, 2.24) is 30.6 Å². The summed E-state index contributed by atoms with van der Waals surface area (Å²) in [6.07, 6.45) is 3.46. The number of aryl methyl sites for hydroxylation is 2. The molecular weight excluding hydrogens is 604 g/mol. The highest BCUT2D eigenvalue weighted by Crippen LogP contribution is 2.37. The van der Waals surface area contributed by atoms with E-state index in [0.29, 0.717) is 66.5 Å². The van der Waals surface area contributed by atoms with Crippen LogP contribution in [0.3, 0.4) is 0 Å². The van der Waals surface area contributed by atoms with Crippen LogP contribution in [-0.4, -0.2) is 78.2 Å². The molecule has 0 saturated heterocycles. The number of benzene rings is 2. The largest absolute Gasteiger partial charge is 0.496 e. The Labute approximate surface area is 274 Å². The van der Waals surface area contributed by atoms with Crippen molar-refractivity contribution in [2.45, 2.75) is 52.1 Å². The predicted octanol–water partition coefficient (Wildman–Crippen LogP) is 2.97. The summed E-state index contributed by atoms with van der Waals surface area (Å²) in [7, 11) is 4.83. The Morgan fingerprint density at radius 3 is 2.51 bits per heavy atom. The van der Waals surface area contributed by atoms with Crippen molar-refractivity contribution in [3.05, 3.63) is 65.5 Å². The molecule has 13 heteroatoms. The van der Waals surface area contributed by atoms with Crippen LogP contribution in [0.15, 0.2) is 48.7 Å². The standard InChI is InChI=1S/C34H44N6O7/c1-22(2)32-34(44)36-20-25-26(45-4)9-8-10-27(25)47-29-19-23(11-13-28(29)46-5)33(43)35-16-6-7-18-40(21-30(41)38-32)31(42)14-12-24-15-17-37-39(24)3/h8-11,13,15,17,19,22,32H,6-7,12,14,16,18,20-21H2,1-5H3,(H,35,43)(H,36,44)(H,38,41)/t32-/m1/s1. The fourth-order valence-corrected chi connectivity index (χ4v) is 5.30. The zero-order chi connectivity index (χ0) is 33.9. The molecule has 2 bridgehead atoms. The van der Waals surface area contributed by atoms with Gasteiger partial charge in [-0.15, -0.1) is 0 Å². The monoisotopic (exact) mass is 648 g/mol. The van der Waals surface area contributed by atoms with Crippen LogP contribution in [0.4, 0.5) is 0 Å². The van der Waals surface area contributed by atoms with E-state index in [9.17, 15) is 19.2 Å². The molecule has 3 aromatic rings. The number of hydrogen-bond acceptors (Lipinski definition) is 8. The number of hydrogen-bond donors (Lipinski definition) is 3. The molecule has 0 unspecified atom stereocenters. The number of ether oxygens (including phenoxy) is 3. The first kappa shape index (κ1) is 34.8. The van der Waals surface area contributed by atoms with Crippen molar-refractivity contribution in [3.63, 3.8) is 0 Å². The van der Waals surface area contributed by atoms with Crippen LogP contribution in [0.2, 0.25) is 0 Å². The normalized spacial score (nSPS) is 16.7. The van der Waals surface area contributed by atoms with Crippen LogP contribution in [0, 0.1) is 5.92 Å². The minimum absolute atomic E-state index is 0.0262. The number of amides is 4. The van der Waals surface area contributed by atoms with Gasteiger partial charge in [0.1, 0.15) is 17.5 Å². The number of carbonyl (C=O) groups excluding carboxylic acids is 4. The Hall–Kier alpha value is -5.07. The Bertz CT molecular complexity index is 1570. The number of fused-ring (bicyclic) bond motifs is 3. The van der Waals surface area contributed by atoms with Crippen molar-refractivity contribution in [1.29, 1.82) is 0 Å². The summed E-state index contributed by atoms with van der Waals surface area (Å²) in [6, 6.07) is 11.1. The molecule has 3 N–H and O–H groups in total. The summed E-state index contributed by atoms with van der Waals surface area (Å²) < 4.78 is 19.0. The molecule has 4 amide bonds. The number of nitrogens with one attached hydrogen (secondary N) is 3. The molecule has 1 aliphatic heterocycles. The molecule has 0 saturated carbocycles. The van der Waals surface area contributed by atoms with Gasteiger partial charge < -0.3 is 35.1 Å². The van der Waals surface area contributed by atoms with E-state index in [1.165, 1.54) is 19.1 Å². The van der Waals surface area contributed by atoms with E-state index in [4.69, 9.17) is 14.2 Å². The summed E-state index contributed by atoms with van der Waals surface area (Å²) >= 11 is 0. The smallest absolute Gasteiger partial charge is 0.251 e. The molecule has 1 aliphatic rings. The summed E-state index contributed by atoms with van der Waals surface area (Å²) in [4.78, 5) is 54.7. The molecule has 2 aromatic carbocycles. The van der Waals surface area contributed by atoms with Crippen LogP contribution in [-0.2, 0) is 34.4 Å². The second kappa shape index (κ2) is 16.5. The minimum Gasteiger partial charge on any atom is -0.496 e. The van der Waals surface area contributed by atoms with Gasteiger partial charge in [0.15, 0.2) is 11.5 Å². The molecule has 0 radical (unpaired) electrons. The van der Waals surface area contributed by atoms with Crippen LogP contribution < -0.4 is 30.2 Å². The molecule has 1 aromatic heterocycles. The molecule has 0 fully saturated rings. The lowest BCUT2D eigenvalue weighted by molar-refractivity contribution is -0.137. The number of methoxy groups -OCH3 is 2. The first-order valence-electron chi connectivity index (χ1n) is 15.7. The van der Waals surface area contributed by atoms with Gasteiger partial charge in [-0.25, -0.2) is 0 Å². The van der Waals surface area contributed by atoms with Crippen LogP contribution >= 0.6 is 0 Å². The lowest BCUT2D eigenvalue weighted by atomic mass is 10.0.